The first kappa shape index (κ1) is 12.9. The number of nitrogens with one attached hydrogen (secondary N) is 2. The molecule has 1 aromatic heterocycles. The van der Waals surface area contributed by atoms with E-state index in [1.54, 1.807) is 18.2 Å². The minimum Gasteiger partial charge on any atom is -0.369 e. The minimum atomic E-state index is -0.244. The van der Waals surface area contributed by atoms with Crippen LogP contribution in [0.15, 0.2) is 64.4 Å². The van der Waals surface area contributed by atoms with Crippen LogP contribution in [0.25, 0.3) is 10.9 Å². The fourth-order valence-corrected chi connectivity index (χ4v) is 1.94. The Morgan fingerprint density at radius 2 is 1.81 bits per heavy atom. The van der Waals surface area contributed by atoms with Crippen molar-refractivity contribution in [2.24, 2.45) is 10.7 Å². The van der Waals surface area contributed by atoms with Crippen LogP contribution in [0.5, 0.6) is 0 Å². The molecular formula is C15H13N5O. The standard InChI is InChI=1S/C15H13N5O/c16-14(17-10-6-2-1-3-7-10)20-15-18-12-9-5-4-8-11(12)13(21)19-15/h1-9H,(H4,16,17,18,19,20,21). The predicted octanol–water partition coefficient (Wildman–Crippen LogP) is 1.98. The minimum absolute atomic E-state index is 0.152. The van der Waals surface area contributed by atoms with Crippen molar-refractivity contribution >= 4 is 28.5 Å². The highest BCUT2D eigenvalue weighted by atomic mass is 16.1. The molecule has 0 spiro atoms. The Morgan fingerprint density at radius 1 is 1.10 bits per heavy atom. The fourth-order valence-electron chi connectivity index (χ4n) is 1.94. The maximum atomic E-state index is 11.9. The average molecular weight is 279 g/mol. The smallest absolute Gasteiger partial charge is 0.260 e. The van der Waals surface area contributed by atoms with Crippen molar-refractivity contribution in [2.75, 3.05) is 5.32 Å². The van der Waals surface area contributed by atoms with Gasteiger partial charge >= 0.3 is 0 Å². The molecule has 0 aliphatic heterocycles. The third kappa shape index (κ3) is 2.89. The van der Waals surface area contributed by atoms with Crippen molar-refractivity contribution in [2.45, 2.75) is 0 Å². The molecule has 3 rings (SSSR count). The van der Waals surface area contributed by atoms with E-state index < -0.39 is 0 Å². The van der Waals surface area contributed by atoms with E-state index in [0.717, 1.165) is 5.69 Å². The number of anilines is 1. The zero-order valence-electron chi connectivity index (χ0n) is 11.1. The second kappa shape index (κ2) is 5.46. The number of guanidine groups is 1. The molecule has 0 unspecified atom stereocenters. The summed E-state index contributed by atoms with van der Waals surface area (Å²) < 4.78 is 0. The van der Waals surface area contributed by atoms with Crippen LogP contribution >= 0.6 is 0 Å². The number of hydrogen-bond donors (Lipinski definition) is 3. The van der Waals surface area contributed by atoms with E-state index in [9.17, 15) is 4.79 Å². The SMILES string of the molecule is NC(=Nc1nc2ccccc2c(=O)[nH]1)Nc1ccccc1. The first-order chi connectivity index (χ1) is 10.2. The van der Waals surface area contributed by atoms with Gasteiger partial charge in [0.1, 0.15) is 0 Å². The highest BCUT2D eigenvalue weighted by molar-refractivity contribution is 5.93. The number of aliphatic imine (C=N–C) groups is 1. The number of nitrogens with zero attached hydrogens (tertiary/aromatic N) is 2. The number of fused-ring (bicyclic) bond motifs is 1. The molecule has 2 aromatic carbocycles. The number of aromatic nitrogens is 2. The summed E-state index contributed by atoms with van der Waals surface area (Å²) in [6.45, 7) is 0. The number of hydrogen-bond acceptors (Lipinski definition) is 3. The van der Waals surface area contributed by atoms with Gasteiger partial charge in [0.05, 0.1) is 10.9 Å². The van der Waals surface area contributed by atoms with Gasteiger partial charge in [-0.25, -0.2) is 4.98 Å². The van der Waals surface area contributed by atoms with Crippen molar-refractivity contribution in [3.05, 3.63) is 65.0 Å². The van der Waals surface area contributed by atoms with Crippen LogP contribution < -0.4 is 16.6 Å². The van der Waals surface area contributed by atoms with E-state index in [4.69, 9.17) is 5.73 Å². The van der Waals surface area contributed by atoms with E-state index in [0.29, 0.717) is 10.9 Å². The number of H-pyrrole nitrogens is 1. The maximum Gasteiger partial charge on any atom is 0.260 e. The van der Waals surface area contributed by atoms with Gasteiger partial charge in [0.2, 0.25) is 11.9 Å². The fraction of sp³-hybridized carbons (Fsp3) is 0. The predicted molar refractivity (Wildman–Crippen MR) is 83.7 cm³/mol. The summed E-state index contributed by atoms with van der Waals surface area (Å²) in [5, 5.41) is 3.44. The van der Waals surface area contributed by atoms with Gasteiger partial charge in [-0.3, -0.25) is 9.78 Å². The first-order valence-electron chi connectivity index (χ1n) is 6.38. The topological polar surface area (TPSA) is 96.2 Å². The highest BCUT2D eigenvalue weighted by Gasteiger charge is 2.03. The molecule has 0 bridgehead atoms. The van der Waals surface area contributed by atoms with E-state index in [1.165, 1.54) is 0 Å². The molecule has 104 valence electrons. The summed E-state index contributed by atoms with van der Waals surface area (Å²) in [7, 11) is 0. The largest absolute Gasteiger partial charge is 0.369 e. The van der Waals surface area contributed by atoms with E-state index >= 15 is 0 Å². The van der Waals surface area contributed by atoms with Crippen molar-refractivity contribution in [3.63, 3.8) is 0 Å². The van der Waals surface area contributed by atoms with Crippen LogP contribution in [-0.2, 0) is 0 Å². The van der Waals surface area contributed by atoms with Crippen molar-refractivity contribution in [1.29, 1.82) is 0 Å². The van der Waals surface area contributed by atoms with E-state index in [1.807, 2.05) is 36.4 Å². The molecule has 0 radical (unpaired) electrons. The van der Waals surface area contributed by atoms with E-state index in [-0.39, 0.29) is 17.5 Å². The second-order valence-corrected chi connectivity index (χ2v) is 4.39. The Morgan fingerprint density at radius 3 is 2.62 bits per heavy atom. The molecule has 1 heterocycles. The molecule has 0 atom stereocenters. The molecule has 0 aliphatic rings. The molecule has 6 nitrogen and oxygen atoms in total. The lowest BCUT2D eigenvalue weighted by molar-refractivity contribution is 1.13. The summed E-state index contributed by atoms with van der Waals surface area (Å²) in [5.74, 6) is 0.319. The number of nitrogens with two attached hydrogens (primary N) is 1. The molecule has 4 N–H and O–H groups in total. The van der Waals surface area contributed by atoms with Gasteiger partial charge in [-0.05, 0) is 24.3 Å². The summed E-state index contributed by atoms with van der Waals surface area (Å²) in [6, 6.07) is 16.4. The van der Waals surface area contributed by atoms with Gasteiger partial charge in [-0.15, -0.1) is 0 Å². The zero-order chi connectivity index (χ0) is 14.7. The Labute approximate surface area is 120 Å². The van der Waals surface area contributed by atoms with Gasteiger partial charge in [-0.2, -0.15) is 4.99 Å². The Balaban J connectivity index is 1.93. The molecule has 0 aliphatic carbocycles. The summed E-state index contributed by atoms with van der Waals surface area (Å²) in [4.78, 5) is 22.8. The molecule has 0 saturated carbocycles. The lowest BCUT2D eigenvalue weighted by atomic mass is 10.2. The van der Waals surface area contributed by atoms with Crippen molar-refractivity contribution in [3.8, 4) is 0 Å². The molecule has 0 fully saturated rings. The summed E-state index contributed by atoms with van der Waals surface area (Å²) >= 11 is 0. The van der Waals surface area contributed by atoms with E-state index in [2.05, 4.69) is 20.3 Å². The van der Waals surface area contributed by atoms with Crippen LogP contribution in [0.4, 0.5) is 11.6 Å². The highest BCUT2D eigenvalue weighted by Crippen LogP contribution is 2.10. The number of aromatic amines is 1. The monoisotopic (exact) mass is 279 g/mol. The zero-order valence-corrected chi connectivity index (χ0v) is 11.1. The summed E-state index contributed by atoms with van der Waals surface area (Å²) in [6.07, 6.45) is 0. The Hall–Kier alpha value is -3.15. The van der Waals surface area contributed by atoms with Gasteiger partial charge in [0.25, 0.3) is 5.56 Å². The lowest BCUT2D eigenvalue weighted by Gasteiger charge is -2.04. The molecule has 21 heavy (non-hydrogen) atoms. The third-order valence-electron chi connectivity index (χ3n) is 2.87. The number of benzene rings is 2. The van der Waals surface area contributed by atoms with Crippen molar-refractivity contribution < 1.29 is 0 Å². The average Bonchev–Trinajstić information content (AvgIpc) is 2.48. The van der Waals surface area contributed by atoms with Crippen LogP contribution in [0.1, 0.15) is 0 Å². The van der Waals surface area contributed by atoms with Gasteiger partial charge in [-0.1, -0.05) is 30.3 Å². The van der Waals surface area contributed by atoms with Gasteiger partial charge < -0.3 is 11.1 Å². The van der Waals surface area contributed by atoms with Crippen LogP contribution in [0.3, 0.4) is 0 Å². The molecule has 0 amide bonds. The Kier molecular flexibility index (Phi) is 3.34. The molecule has 0 saturated heterocycles. The lowest BCUT2D eigenvalue weighted by Crippen LogP contribution is -2.22. The number of para-hydroxylation sites is 2. The van der Waals surface area contributed by atoms with Crippen LogP contribution in [0, 0.1) is 0 Å². The van der Waals surface area contributed by atoms with Crippen molar-refractivity contribution in [1.82, 2.24) is 9.97 Å². The maximum absolute atomic E-state index is 11.9. The molecular weight excluding hydrogens is 266 g/mol. The van der Waals surface area contributed by atoms with Gasteiger partial charge in [0, 0.05) is 5.69 Å². The summed E-state index contributed by atoms with van der Waals surface area (Å²) in [5.41, 5.74) is 6.95. The quantitative estimate of drug-likeness (QED) is 0.493. The molecule has 6 heteroatoms. The van der Waals surface area contributed by atoms with Crippen LogP contribution in [-0.4, -0.2) is 15.9 Å². The number of rotatable bonds is 2. The normalized spacial score (nSPS) is 11.5. The van der Waals surface area contributed by atoms with Gasteiger partial charge in [0.15, 0.2) is 0 Å². The second-order valence-electron chi connectivity index (χ2n) is 4.39. The Bertz CT molecular complexity index is 855. The third-order valence-corrected chi connectivity index (χ3v) is 2.87. The first-order valence-corrected chi connectivity index (χ1v) is 6.38. The van der Waals surface area contributed by atoms with Crippen LogP contribution in [0.2, 0.25) is 0 Å². The molecule has 3 aromatic rings.